The van der Waals surface area contributed by atoms with Crippen LogP contribution in [-0.4, -0.2) is 8.80 Å². The molecule has 0 fully saturated rings. The Bertz CT molecular complexity index is 501. The Kier molecular flexibility index (Phi) is 49.8. The Labute approximate surface area is 182 Å². The molecular formula is C21H34Cl2NTi-7. The second-order valence-electron chi connectivity index (χ2n) is 4.00. The monoisotopic (exact) mass is 418 g/mol. The molecule has 0 aliphatic heterocycles. The van der Waals surface area contributed by atoms with Crippen molar-refractivity contribution >= 4 is 39.5 Å². The fourth-order valence-corrected chi connectivity index (χ4v) is 1.27. The van der Waals surface area contributed by atoms with Crippen molar-refractivity contribution in [1.82, 2.24) is 4.98 Å². The van der Waals surface area contributed by atoms with E-state index in [-0.39, 0.29) is 61.9 Å². The van der Waals surface area contributed by atoms with Crippen LogP contribution >= 0.6 is 24.8 Å². The molecule has 1 N–H and O–H groups in total. The molecule has 4 heteroatoms. The zero-order chi connectivity index (χ0) is 13.2. The van der Waals surface area contributed by atoms with Crippen molar-refractivity contribution in [2.75, 3.05) is 0 Å². The van der Waals surface area contributed by atoms with Gasteiger partial charge in [0.1, 0.15) is 0 Å². The fraction of sp³-hybridized carbons (Fsp3) is 0.143. The Morgan fingerprint density at radius 2 is 1.52 bits per heavy atom. The van der Waals surface area contributed by atoms with Gasteiger partial charge >= 0.3 is 37.6 Å². The first-order valence-electron chi connectivity index (χ1n) is 5.87. The molecule has 2 aromatic rings. The van der Waals surface area contributed by atoms with E-state index in [1.54, 1.807) is 0 Å². The molecule has 148 valence electrons. The van der Waals surface area contributed by atoms with Crippen LogP contribution < -0.4 is 0 Å². The molecule has 1 aliphatic carbocycles. The molecule has 1 aromatic carbocycles. The van der Waals surface area contributed by atoms with Gasteiger partial charge in [0.2, 0.25) is 0 Å². The first-order chi connectivity index (χ1) is 8.70. The standard InChI is InChI=1S/C8H6N.C5H5.C3H6.5CH3.2ClH.Ti/c1-2-4-8-7(3-1)5-6-9-8;1-2-4-5-3-1;1-3-2;;;;;;;;/h1-5,9H;1-3H,4H2;1-2H3;5*1H3;2*1H;/q2*-1;;5*-1;;;. The Hall–Kier alpha value is -0.596. The fourth-order valence-electron chi connectivity index (χ4n) is 1.27. The van der Waals surface area contributed by atoms with Gasteiger partial charge in [-0.25, -0.2) is 12.2 Å². The first-order valence-corrected chi connectivity index (χ1v) is 6.65. The summed E-state index contributed by atoms with van der Waals surface area (Å²) in [6, 6.07) is 10.1. The summed E-state index contributed by atoms with van der Waals surface area (Å²) in [7, 11) is 0. The largest absolute Gasteiger partial charge is 0.477 e. The van der Waals surface area contributed by atoms with Crippen LogP contribution in [0.15, 0.2) is 48.6 Å². The second kappa shape index (κ2) is 28.2. The normalized spacial score (nSPS) is 8.20. The summed E-state index contributed by atoms with van der Waals surface area (Å²) in [6.07, 6.45) is 12.9. The average Bonchev–Trinajstić information content (AvgIpc) is 3.03. The number of aromatic amines is 1. The predicted molar refractivity (Wildman–Crippen MR) is 122 cm³/mol. The molecule has 0 unspecified atom stereocenters. The molecule has 0 saturated carbocycles. The van der Waals surface area contributed by atoms with Crippen molar-refractivity contribution in [3.05, 3.63) is 98.0 Å². The van der Waals surface area contributed by atoms with Crippen molar-refractivity contribution in [2.45, 2.75) is 20.3 Å². The van der Waals surface area contributed by atoms with Gasteiger partial charge in [-0.3, -0.25) is 6.08 Å². The summed E-state index contributed by atoms with van der Waals surface area (Å²) in [5, 5.41) is 1.22. The third-order valence-corrected chi connectivity index (χ3v) is 1.98. The quantitative estimate of drug-likeness (QED) is 0.346. The molecule has 0 radical (unpaired) electrons. The van der Waals surface area contributed by atoms with E-state index in [9.17, 15) is 0 Å². The van der Waals surface area contributed by atoms with Gasteiger partial charge in [0.25, 0.3) is 0 Å². The second-order valence-corrected chi connectivity index (χ2v) is 5.57. The van der Waals surface area contributed by atoms with Gasteiger partial charge in [-0.1, -0.05) is 12.1 Å². The summed E-state index contributed by atoms with van der Waals surface area (Å²) in [4.78, 5) is 2.99. The number of fused-ring (bicyclic) bond motifs is 1. The Balaban J connectivity index is -0.0000000366. The summed E-state index contributed by atoms with van der Waals surface area (Å²) < 4.78 is 1.42. The molecule has 1 aromatic heterocycles. The molecule has 0 bridgehead atoms. The molecule has 25 heavy (non-hydrogen) atoms. The number of allylic oxidation sites excluding steroid dienone is 4. The van der Waals surface area contributed by atoms with Crippen LogP contribution in [0.2, 0.25) is 0 Å². The van der Waals surface area contributed by atoms with E-state index in [4.69, 9.17) is 0 Å². The molecule has 0 spiro atoms. The van der Waals surface area contributed by atoms with Crippen molar-refractivity contribution in [2.24, 2.45) is 0 Å². The number of hydrogen-bond acceptors (Lipinski definition) is 0. The van der Waals surface area contributed by atoms with Gasteiger partial charge < -0.3 is 42.1 Å². The molecule has 1 heterocycles. The minimum atomic E-state index is 0. The van der Waals surface area contributed by atoms with Crippen molar-refractivity contribution in [3.8, 4) is 0 Å². The number of rotatable bonds is 0. The smallest absolute Gasteiger partial charge is 0.0745 e. The topological polar surface area (TPSA) is 15.8 Å². The van der Waals surface area contributed by atoms with Crippen LogP contribution in [0.3, 0.4) is 0 Å². The van der Waals surface area contributed by atoms with Crippen molar-refractivity contribution < 1.29 is 20.0 Å². The molecule has 1 nitrogen and oxygen atoms in total. The van der Waals surface area contributed by atoms with E-state index in [1.165, 1.54) is 9.20 Å². The molecule has 0 saturated heterocycles. The zero-order valence-electron chi connectivity index (χ0n) is 16.6. The summed E-state index contributed by atoms with van der Waals surface area (Å²) in [6.45, 7) is 4.17. The SMILES string of the molecule is C[C](C)=[Ti].Cl.Cl.[C-]1=CC=CC1.[CH3-].[CH3-].[CH3-].[CH3-].[CH3-].[c-]1cc2ccccc2[nH]1. The van der Waals surface area contributed by atoms with Crippen molar-refractivity contribution in [1.29, 1.82) is 0 Å². The van der Waals surface area contributed by atoms with E-state index in [1.807, 2.05) is 36.4 Å². The molecular weight excluding hydrogens is 385 g/mol. The number of hydrogen-bond donors (Lipinski definition) is 1. The maximum Gasteiger partial charge on any atom is -0.0745 e. The van der Waals surface area contributed by atoms with E-state index < -0.39 is 0 Å². The number of benzene rings is 1. The van der Waals surface area contributed by atoms with Crippen LogP contribution in [-0.2, 0) is 20.0 Å². The van der Waals surface area contributed by atoms with Crippen LogP contribution in [0.25, 0.3) is 10.9 Å². The van der Waals surface area contributed by atoms with E-state index in [0.29, 0.717) is 0 Å². The van der Waals surface area contributed by atoms with E-state index in [2.05, 4.69) is 63.2 Å². The minimum absolute atomic E-state index is 0. The van der Waals surface area contributed by atoms with Gasteiger partial charge in [-0.2, -0.15) is 17.5 Å². The Morgan fingerprint density at radius 1 is 1.00 bits per heavy atom. The number of H-pyrrole nitrogens is 1. The summed E-state index contributed by atoms with van der Waals surface area (Å²) in [5.74, 6) is 0. The van der Waals surface area contributed by atoms with Gasteiger partial charge in [-0.05, 0) is 0 Å². The maximum absolute atomic E-state index is 2.99. The Morgan fingerprint density at radius 3 is 1.88 bits per heavy atom. The summed E-state index contributed by atoms with van der Waals surface area (Å²) in [5.41, 5.74) is 1.15. The van der Waals surface area contributed by atoms with Crippen LogP contribution in [0, 0.1) is 49.4 Å². The third-order valence-electron chi connectivity index (χ3n) is 1.98. The van der Waals surface area contributed by atoms with Crippen LogP contribution in [0.5, 0.6) is 0 Å². The van der Waals surface area contributed by atoms with E-state index in [0.717, 1.165) is 11.9 Å². The number of para-hydroxylation sites is 1. The van der Waals surface area contributed by atoms with Crippen LogP contribution in [0.4, 0.5) is 0 Å². The molecule has 0 atom stereocenters. The maximum atomic E-state index is 2.99. The number of nitrogens with one attached hydrogen (secondary N) is 1. The first kappa shape index (κ1) is 44.1. The molecule has 3 rings (SSSR count). The molecule has 1 aliphatic rings. The third kappa shape index (κ3) is 23.4. The minimum Gasteiger partial charge on any atom is -0.477 e. The number of aromatic nitrogens is 1. The van der Waals surface area contributed by atoms with Crippen molar-refractivity contribution in [3.63, 3.8) is 0 Å². The average molecular weight is 419 g/mol. The van der Waals surface area contributed by atoms with E-state index >= 15 is 0 Å². The van der Waals surface area contributed by atoms with Gasteiger partial charge in [0.05, 0.1) is 0 Å². The van der Waals surface area contributed by atoms with Gasteiger partial charge in [0.15, 0.2) is 0 Å². The summed E-state index contributed by atoms with van der Waals surface area (Å²) >= 11 is 2.08. The molecule has 0 amide bonds. The predicted octanol–water partition coefficient (Wildman–Crippen LogP) is 7.11. The number of halogens is 2. The van der Waals surface area contributed by atoms with Gasteiger partial charge in [-0.15, -0.1) is 55.1 Å². The zero-order valence-corrected chi connectivity index (χ0v) is 19.8. The van der Waals surface area contributed by atoms with Gasteiger partial charge in [0, 0.05) is 0 Å². The van der Waals surface area contributed by atoms with Crippen LogP contribution in [0.1, 0.15) is 20.3 Å².